The summed E-state index contributed by atoms with van der Waals surface area (Å²) < 4.78 is 36.8. The van der Waals surface area contributed by atoms with Crippen LogP contribution in [0.5, 0.6) is 5.75 Å². The molecule has 0 saturated heterocycles. The molecule has 3 N–H and O–H groups in total. The van der Waals surface area contributed by atoms with E-state index < -0.39 is 27.1 Å². The van der Waals surface area contributed by atoms with Crippen molar-refractivity contribution in [1.29, 1.82) is 0 Å². The van der Waals surface area contributed by atoms with Crippen LogP contribution >= 0.6 is 0 Å². The van der Waals surface area contributed by atoms with Gasteiger partial charge in [-0.1, -0.05) is 80.9 Å². The minimum atomic E-state index is -4.54. The Bertz CT molecular complexity index is 1930. The molecule has 228 valence electrons. The lowest BCUT2D eigenvalue weighted by molar-refractivity contribution is -0.134. The van der Waals surface area contributed by atoms with Gasteiger partial charge in [-0.2, -0.15) is 5.10 Å². The molecule has 0 aliphatic rings. The Morgan fingerprint density at radius 1 is 1.00 bits per heavy atom. The van der Waals surface area contributed by atoms with Crippen molar-refractivity contribution in [1.82, 2.24) is 24.5 Å². The number of H-pyrrole nitrogens is 1. The van der Waals surface area contributed by atoms with Gasteiger partial charge in [0.15, 0.2) is 11.1 Å². The molecule has 2 aromatic heterocycles. The van der Waals surface area contributed by atoms with Gasteiger partial charge in [-0.3, -0.25) is 14.3 Å². The van der Waals surface area contributed by atoms with Crippen molar-refractivity contribution in [2.75, 3.05) is 6.61 Å². The van der Waals surface area contributed by atoms with Gasteiger partial charge in [0.1, 0.15) is 17.1 Å². The van der Waals surface area contributed by atoms with Crippen LogP contribution in [0.3, 0.4) is 0 Å². The number of hydrogen-bond acceptors (Lipinski definition) is 8. The van der Waals surface area contributed by atoms with Crippen molar-refractivity contribution in [3.8, 4) is 17.1 Å². The normalized spacial score (nSPS) is 11.9. The average molecular weight is 616 g/mol. The summed E-state index contributed by atoms with van der Waals surface area (Å²) in [6.45, 7) is 4.25. The SMILES string of the molecule is CCCOc1ccc(S(=O)(=O)NC(=O)C(O)(c2ccccc2)c2ccccc2)cc1-c1nc2c(CCC)nn(C)c2c(=O)[nH]1. The summed E-state index contributed by atoms with van der Waals surface area (Å²) in [5.74, 6) is -0.770. The number of sulfonamides is 1. The summed E-state index contributed by atoms with van der Waals surface area (Å²) in [7, 11) is -2.88. The molecular weight excluding hydrogens is 582 g/mol. The number of amides is 1. The minimum absolute atomic E-state index is 0.0902. The molecule has 44 heavy (non-hydrogen) atoms. The van der Waals surface area contributed by atoms with E-state index in [4.69, 9.17) is 4.74 Å². The van der Waals surface area contributed by atoms with Crippen molar-refractivity contribution in [3.05, 3.63) is 106 Å². The number of aromatic nitrogens is 4. The van der Waals surface area contributed by atoms with Gasteiger partial charge in [0.05, 0.1) is 22.8 Å². The highest BCUT2D eigenvalue weighted by Gasteiger charge is 2.42. The fourth-order valence-corrected chi connectivity index (χ4v) is 6.05. The Labute approximate surface area is 254 Å². The van der Waals surface area contributed by atoms with Crippen molar-refractivity contribution >= 4 is 27.0 Å². The van der Waals surface area contributed by atoms with Crippen LogP contribution in [0.1, 0.15) is 43.5 Å². The highest BCUT2D eigenvalue weighted by Crippen LogP contribution is 2.33. The molecule has 12 heteroatoms. The van der Waals surface area contributed by atoms with E-state index in [0.717, 1.165) is 6.42 Å². The number of nitrogens with zero attached hydrogens (tertiary/aromatic N) is 3. The number of aryl methyl sites for hydroxylation is 2. The zero-order valence-electron chi connectivity index (χ0n) is 24.6. The summed E-state index contributed by atoms with van der Waals surface area (Å²) in [5.41, 5.74) is -0.810. The quantitative estimate of drug-likeness (QED) is 0.203. The van der Waals surface area contributed by atoms with E-state index in [1.165, 1.54) is 22.9 Å². The van der Waals surface area contributed by atoms with Crippen LogP contribution in [0.25, 0.3) is 22.4 Å². The first-order chi connectivity index (χ1) is 21.1. The third-order valence-corrected chi connectivity index (χ3v) is 8.49. The predicted octanol–water partition coefficient (Wildman–Crippen LogP) is 3.81. The van der Waals surface area contributed by atoms with Crippen LogP contribution < -0.4 is 15.0 Å². The standard InChI is InChI=1S/C32H33N5O6S/c1-4-12-25-27-28(37(3)35-25)30(38)34-29(33-27)24-20-23(17-18-26(24)43-19-5-2)44(41,42)36-31(39)32(40,21-13-8-6-9-14-21)22-15-10-7-11-16-22/h6-11,13-18,20,40H,4-5,12,19H2,1-3H3,(H,36,39)(H,33,34,38). The first-order valence-electron chi connectivity index (χ1n) is 14.2. The molecule has 5 aromatic rings. The zero-order valence-corrected chi connectivity index (χ0v) is 25.4. The maximum atomic E-state index is 13.7. The molecule has 0 aliphatic heterocycles. The number of nitrogens with one attached hydrogen (secondary N) is 2. The largest absolute Gasteiger partial charge is 0.493 e. The lowest BCUT2D eigenvalue weighted by Gasteiger charge is -2.28. The molecule has 0 atom stereocenters. The number of hydrogen-bond donors (Lipinski definition) is 3. The third kappa shape index (κ3) is 5.73. The molecule has 5 rings (SSSR count). The molecule has 0 fully saturated rings. The molecule has 0 aliphatic carbocycles. The zero-order chi connectivity index (χ0) is 31.5. The fourth-order valence-electron chi connectivity index (χ4n) is 5.02. The number of rotatable bonds is 11. The Morgan fingerprint density at radius 3 is 2.23 bits per heavy atom. The van der Waals surface area contributed by atoms with Crippen LogP contribution in [0.4, 0.5) is 0 Å². The monoisotopic (exact) mass is 615 g/mol. The van der Waals surface area contributed by atoms with E-state index in [1.54, 1.807) is 67.7 Å². The molecule has 0 bridgehead atoms. The van der Waals surface area contributed by atoms with Gasteiger partial charge in [-0.15, -0.1) is 0 Å². The molecule has 0 unspecified atom stereocenters. The maximum Gasteiger partial charge on any atom is 0.277 e. The molecule has 0 saturated carbocycles. The van der Waals surface area contributed by atoms with Crippen LogP contribution in [-0.2, 0) is 33.9 Å². The molecular formula is C32H33N5O6S. The van der Waals surface area contributed by atoms with Crippen LogP contribution in [0, 0.1) is 0 Å². The van der Waals surface area contributed by atoms with Crippen LogP contribution in [0.15, 0.2) is 88.6 Å². The van der Waals surface area contributed by atoms with Gasteiger partial charge in [-0.25, -0.2) is 18.1 Å². The van der Waals surface area contributed by atoms with E-state index in [2.05, 4.69) is 19.8 Å². The Kier molecular flexibility index (Phi) is 8.66. The molecule has 0 radical (unpaired) electrons. The highest BCUT2D eigenvalue weighted by molar-refractivity contribution is 7.90. The van der Waals surface area contributed by atoms with Crippen LogP contribution in [-0.4, -0.2) is 45.8 Å². The van der Waals surface area contributed by atoms with E-state index in [0.29, 0.717) is 41.9 Å². The number of ether oxygens (including phenoxy) is 1. The van der Waals surface area contributed by atoms with Crippen molar-refractivity contribution in [2.24, 2.45) is 7.05 Å². The number of carbonyl (C=O) groups is 1. The van der Waals surface area contributed by atoms with Gasteiger partial charge >= 0.3 is 0 Å². The lowest BCUT2D eigenvalue weighted by atomic mass is 9.86. The van der Waals surface area contributed by atoms with E-state index in [9.17, 15) is 23.1 Å². The molecule has 11 nitrogen and oxygen atoms in total. The van der Waals surface area contributed by atoms with Crippen molar-refractivity contribution in [2.45, 2.75) is 43.6 Å². The number of aliphatic hydroxyl groups is 1. The predicted molar refractivity (Wildman–Crippen MR) is 166 cm³/mol. The third-order valence-electron chi connectivity index (χ3n) is 7.17. The van der Waals surface area contributed by atoms with E-state index in [-0.39, 0.29) is 27.4 Å². The smallest absolute Gasteiger partial charge is 0.277 e. The topological polar surface area (TPSA) is 156 Å². The summed E-state index contributed by atoms with van der Waals surface area (Å²) in [6, 6.07) is 20.2. The summed E-state index contributed by atoms with van der Waals surface area (Å²) in [5, 5.41) is 16.2. The first-order valence-corrected chi connectivity index (χ1v) is 15.7. The number of fused-ring (bicyclic) bond motifs is 1. The minimum Gasteiger partial charge on any atom is -0.493 e. The number of benzene rings is 3. The fraction of sp³-hybridized carbons (Fsp3) is 0.250. The maximum absolute atomic E-state index is 13.7. The molecule has 0 spiro atoms. The van der Waals surface area contributed by atoms with Crippen LogP contribution in [0.2, 0.25) is 0 Å². The highest BCUT2D eigenvalue weighted by atomic mass is 32.2. The van der Waals surface area contributed by atoms with Gasteiger partial charge in [0.2, 0.25) is 0 Å². The Hall–Kier alpha value is -4.81. The van der Waals surface area contributed by atoms with Crippen molar-refractivity contribution in [3.63, 3.8) is 0 Å². The molecule has 3 aromatic carbocycles. The van der Waals surface area contributed by atoms with Gasteiger partial charge in [0.25, 0.3) is 21.5 Å². The molecule has 2 heterocycles. The second-order valence-corrected chi connectivity index (χ2v) is 12.0. The van der Waals surface area contributed by atoms with Crippen molar-refractivity contribution < 1.29 is 23.1 Å². The number of carbonyl (C=O) groups excluding carboxylic acids is 1. The summed E-state index contributed by atoms with van der Waals surface area (Å²) in [4.78, 5) is 33.9. The van der Waals surface area contributed by atoms with Gasteiger partial charge in [-0.05, 0) is 42.2 Å². The van der Waals surface area contributed by atoms with E-state index in [1.807, 2.05) is 13.8 Å². The Morgan fingerprint density at radius 2 is 1.64 bits per heavy atom. The van der Waals surface area contributed by atoms with E-state index >= 15 is 0 Å². The van der Waals surface area contributed by atoms with Gasteiger partial charge in [0, 0.05) is 7.05 Å². The first kappa shape index (κ1) is 30.6. The summed E-state index contributed by atoms with van der Waals surface area (Å²) >= 11 is 0. The number of aromatic amines is 1. The molecule has 1 amide bonds. The second kappa shape index (κ2) is 12.4. The average Bonchev–Trinajstić information content (AvgIpc) is 3.35. The second-order valence-electron chi connectivity index (χ2n) is 10.3. The van der Waals surface area contributed by atoms with Gasteiger partial charge < -0.3 is 14.8 Å². The lowest BCUT2D eigenvalue weighted by Crippen LogP contribution is -2.47. The summed E-state index contributed by atoms with van der Waals surface area (Å²) in [6.07, 6.45) is 2.06. The Balaban J connectivity index is 1.60.